The number of hydrogen-bond acceptors (Lipinski definition) is 5. The van der Waals surface area contributed by atoms with Gasteiger partial charge in [-0.3, -0.25) is 14.5 Å². The van der Waals surface area contributed by atoms with Crippen LogP contribution in [0.4, 0.5) is 0 Å². The van der Waals surface area contributed by atoms with Crippen molar-refractivity contribution in [2.24, 2.45) is 0 Å². The number of aromatic nitrogens is 1. The summed E-state index contributed by atoms with van der Waals surface area (Å²) in [6.07, 6.45) is 1.44. The third kappa shape index (κ3) is 3.46. The van der Waals surface area contributed by atoms with E-state index in [1.165, 1.54) is 22.9 Å². The summed E-state index contributed by atoms with van der Waals surface area (Å²) in [5.74, 6) is 0.503. The average Bonchev–Trinajstić information content (AvgIpc) is 3.00. The molecular formula is C16H14N2O3S2. The SMILES string of the molecule is O=C(c1cc[nH]c(=O)c1OCc1ccccc1)N1CCSC1=S. The maximum atomic E-state index is 12.6. The zero-order valence-corrected chi connectivity index (χ0v) is 13.8. The molecule has 0 atom stereocenters. The average molecular weight is 346 g/mol. The minimum Gasteiger partial charge on any atom is -0.482 e. The number of hydrogen-bond donors (Lipinski definition) is 1. The van der Waals surface area contributed by atoms with Crippen LogP contribution in [0.25, 0.3) is 0 Å². The Hall–Kier alpha value is -2.12. The number of pyridine rings is 1. The van der Waals surface area contributed by atoms with E-state index in [4.69, 9.17) is 17.0 Å². The third-order valence-corrected chi connectivity index (χ3v) is 4.81. The summed E-state index contributed by atoms with van der Waals surface area (Å²) in [6, 6.07) is 11.0. The van der Waals surface area contributed by atoms with Crippen LogP contribution in [-0.4, -0.2) is 32.4 Å². The van der Waals surface area contributed by atoms with Gasteiger partial charge in [-0.1, -0.05) is 54.3 Å². The number of benzene rings is 1. The Morgan fingerprint density at radius 1 is 1.30 bits per heavy atom. The molecule has 7 heteroatoms. The van der Waals surface area contributed by atoms with Crippen molar-refractivity contribution in [3.8, 4) is 5.75 Å². The molecule has 1 aliphatic heterocycles. The fourth-order valence-electron chi connectivity index (χ4n) is 2.23. The largest absolute Gasteiger partial charge is 0.482 e. The maximum Gasteiger partial charge on any atom is 0.291 e. The Balaban J connectivity index is 1.86. The molecule has 0 bridgehead atoms. The van der Waals surface area contributed by atoms with Gasteiger partial charge in [0.2, 0.25) is 0 Å². The van der Waals surface area contributed by atoms with E-state index < -0.39 is 5.56 Å². The molecule has 1 aliphatic rings. The predicted molar refractivity (Wildman–Crippen MR) is 93.9 cm³/mol. The summed E-state index contributed by atoms with van der Waals surface area (Å²) in [7, 11) is 0. The van der Waals surface area contributed by atoms with Crippen molar-refractivity contribution < 1.29 is 9.53 Å². The molecule has 5 nitrogen and oxygen atoms in total. The number of ether oxygens (including phenoxy) is 1. The van der Waals surface area contributed by atoms with E-state index in [-0.39, 0.29) is 23.8 Å². The molecule has 1 N–H and O–H groups in total. The van der Waals surface area contributed by atoms with E-state index in [0.717, 1.165) is 11.3 Å². The maximum absolute atomic E-state index is 12.6. The summed E-state index contributed by atoms with van der Waals surface area (Å²) in [6.45, 7) is 0.765. The molecule has 0 saturated carbocycles. The lowest BCUT2D eigenvalue weighted by Gasteiger charge is -2.16. The minimum atomic E-state index is -0.426. The Morgan fingerprint density at radius 2 is 2.09 bits per heavy atom. The molecule has 3 rings (SSSR count). The van der Waals surface area contributed by atoms with E-state index in [0.29, 0.717) is 10.9 Å². The first-order valence-corrected chi connectivity index (χ1v) is 8.43. The van der Waals surface area contributed by atoms with Crippen molar-refractivity contribution >= 4 is 34.2 Å². The fourth-order valence-corrected chi connectivity index (χ4v) is 3.43. The molecular weight excluding hydrogens is 332 g/mol. The van der Waals surface area contributed by atoms with Crippen LogP contribution >= 0.6 is 24.0 Å². The number of carbonyl (C=O) groups is 1. The van der Waals surface area contributed by atoms with E-state index in [2.05, 4.69) is 4.98 Å². The van der Waals surface area contributed by atoms with Crippen molar-refractivity contribution in [2.45, 2.75) is 6.61 Å². The van der Waals surface area contributed by atoms with Crippen LogP contribution in [0.2, 0.25) is 0 Å². The summed E-state index contributed by atoms with van der Waals surface area (Å²) in [4.78, 5) is 28.8. The highest BCUT2D eigenvalue weighted by Crippen LogP contribution is 2.23. The zero-order chi connectivity index (χ0) is 16.2. The first-order valence-electron chi connectivity index (χ1n) is 7.04. The second-order valence-corrected chi connectivity index (χ2v) is 6.62. The molecule has 1 saturated heterocycles. The summed E-state index contributed by atoms with van der Waals surface area (Å²) >= 11 is 6.63. The number of amides is 1. The van der Waals surface area contributed by atoms with Crippen molar-refractivity contribution in [2.75, 3.05) is 12.3 Å². The summed E-state index contributed by atoms with van der Waals surface area (Å²) in [5, 5.41) is 0. The van der Waals surface area contributed by atoms with Gasteiger partial charge in [-0.05, 0) is 11.6 Å². The Labute approximate surface area is 142 Å². The van der Waals surface area contributed by atoms with Crippen molar-refractivity contribution in [3.05, 3.63) is 64.1 Å². The molecule has 0 unspecified atom stereocenters. The number of H-pyrrole nitrogens is 1. The van der Waals surface area contributed by atoms with Gasteiger partial charge in [0.15, 0.2) is 5.75 Å². The lowest BCUT2D eigenvalue weighted by atomic mass is 10.2. The van der Waals surface area contributed by atoms with Crippen LogP contribution in [-0.2, 0) is 6.61 Å². The number of nitrogens with one attached hydrogen (secondary N) is 1. The highest BCUT2D eigenvalue weighted by molar-refractivity contribution is 8.23. The first-order chi connectivity index (χ1) is 11.2. The molecule has 0 spiro atoms. The van der Waals surface area contributed by atoms with Crippen molar-refractivity contribution in [1.82, 2.24) is 9.88 Å². The van der Waals surface area contributed by atoms with E-state index in [9.17, 15) is 9.59 Å². The number of nitrogens with zero attached hydrogens (tertiary/aromatic N) is 1. The molecule has 118 valence electrons. The smallest absolute Gasteiger partial charge is 0.291 e. The van der Waals surface area contributed by atoms with Gasteiger partial charge >= 0.3 is 0 Å². The molecule has 0 aliphatic carbocycles. The summed E-state index contributed by atoms with van der Waals surface area (Å²) < 4.78 is 6.16. The standard InChI is InChI=1S/C16H14N2O3S2/c19-14-13(21-10-11-4-2-1-3-5-11)12(6-7-17-14)15(20)18-8-9-23-16(18)22/h1-7H,8-10H2,(H,17,19). The van der Waals surface area contributed by atoms with Crippen LogP contribution in [0.5, 0.6) is 5.75 Å². The molecule has 1 aromatic heterocycles. The zero-order valence-electron chi connectivity index (χ0n) is 12.2. The number of aromatic amines is 1. The fraction of sp³-hybridized carbons (Fsp3) is 0.188. The first kappa shape index (κ1) is 15.8. The molecule has 2 aromatic rings. The second kappa shape index (κ2) is 6.97. The van der Waals surface area contributed by atoms with Gasteiger partial charge < -0.3 is 9.72 Å². The number of thioether (sulfide) groups is 1. The topological polar surface area (TPSA) is 62.4 Å². The van der Waals surface area contributed by atoms with E-state index in [1.54, 1.807) is 6.07 Å². The predicted octanol–water partition coefficient (Wildman–Crippen LogP) is 2.43. The molecule has 23 heavy (non-hydrogen) atoms. The lowest BCUT2D eigenvalue weighted by Crippen LogP contribution is -2.32. The van der Waals surface area contributed by atoms with Crippen LogP contribution in [0, 0.1) is 0 Å². The molecule has 1 amide bonds. The number of carbonyl (C=O) groups excluding carboxylic acids is 1. The van der Waals surface area contributed by atoms with Gasteiger partial charge in [0.1, 0.15) is 10.9 Å². The monoisotopic (exact) mass is 346 g/mol. The van der Waals surface area contributed by atoms with Gasteiger partial charge in [-0.25, -0.2) is 0 Å². The molecule has 0 radical (unpaired) electrons. The normalized spacial score (nSPS) is 14.1. The van der Waals surface area contributed by atoms with Gasteiger partial charge in [0, 0.05) is 18.5 Å². The van der Waals surface area contributed by atoms with Crippen LogP contribution < -0.4 is 10.3 Å². The Bertz CT molecular complexity index is 789. The van der Waals surface area contributed by atoms with E-state index >= 15 is 0 Å². The molecule has 1 aromatic carbocycles. The molecule has 1 fully saturated rings. The Kier molecular flexibility index (Phi) is 4.78. The van der Waals surface area contributed by atoms with Crippen LogP contribution in [0.15, 0.2) is 47.4 Å². The van der Waals surface area contributed by atoms with Gasteiger partial charge in [0.05, 0.1) is 5.56 Å². The Morgan fingerprint density at radius 3 is 2.78 bits per heavy atom. The molecule has 2 heterocycles. The lowest BCUT2D eigenvalue weighted by molar-refractivity contribution is 0.0856. The quantitative estimate of drug-likeness (QED) is 0.862. The van der Waals surface area contributed by atoms with E-state index in [1.807, 2.05) is 30.3 Å². The number of rotatable bonds is 4. The minimum absolute atomic E-state index is 0.0288. The van der Waals surface area contributed by atoms with Gasteiger partial charge in [-0.15, -0.1) is 0 Å². The van der Waals surface area contributed by atoms with Crippen LogP contribution in [0.3, 0.4) is 0 Å². The third-order valence-electron chi connectivity index (χ3n) is 3.38. The van der Waals surface area contributed by atoms with Gasteiger partial charge in [0.25, 0.3) is 11.5 Å². The summed E-state index contributed by atoms with van der Waals surface area (Å²) in [5.41, 5.74) is 0.723. The second-order valence-electron chi connectivity index (χ2n) is 4.90. The van der Waals surface area contributed by atoms with Crippen molar-refractivity contribution in [1.29, 1.82) is 0 Å². The van der Waals surface area contributed by atoms with Crippen LogP contribution in [0.1, 0.15) is 15.9 Å². The highest BCUT2D eigenvalue weighted by Gasteiger charge is 2.28. The van der Waals surface area contributed by atoms with Crippen molar-refractivity contribution in [3.63, 3.8) is 0 Å². The van der Waals surface area contributed by atoms with Gasteiger partial charge in [-0.2, -0.15) is 0 Å². The highest BCUT2D eigenvalue weighted by atomic mass is 32.2. The number of thiocarbonyl (C=S) groups is 1.